The van der Waals surface area contributed by atoms with Gasteiger partial charge in [-0.15, -0.1) is 0 Å². The van der Waals surface area contributed by atoms with Gasteiger partial charge in [-0.1, -0.05) is 37.6 Å². The number of aliphatic hydroxyl groups is 1. The van der Waals surface area contributed by atoms with Crippen molar-refractivity contribution in [3.8, 4) is 0 Å². The fourth-order valence-electron chi connectivity index (χ4n) is 2.40. The first-order chi connectivity index (χ1) is 11.6. The molecule has 0 saturated heterocycles. The van der Waals surface area contributed by atoms with Crippen LogP contribution in [0.5, 0.6) is 0 Å². The molecular weight excluding hydrogens is 304 g/mol. The van der Waals surface area contributed by atoms with Crippen molar-refractivity contribution >= 4 is 17.4 Å². The molecule has 1 amide bonds. The molecule has 0 aliphatic heterocycles. The quantitative estimate of drug-likeness (QED) is 0.731. The number of Topliss-reactive ketones (excluding diaryl/α,β-unsaturated/α-hetero) is 1. The summed E-state index contributed by atoms with van der Waals surface area (Å²) < 4.78 is 0. The molecule has 5 heteroatoms. The van der Waals surface area contributed by atoms with Gasteiger partial charge in [-0.2, -0.15) is 0 Å². The molecular formula is C19H22N2O3. The summed E-state index contributed by atoms with van der Waals surface area (Å²) in [6, 6.07) is 9.19. The average Bonchev–Trinajstić information content (AvgIpc) is 2.61. The lowest BCUT2D eigenvalue weighted by Gasteiger charge is -2.08. The monoisotopic (exact) mass is 326 g/mol. The molecule has 1 aromatic carbocycles. The molecule has 2 N–H and O–H groups in total. The molecule has 2 rings (SSSR count). The highest BCUT2D eigenvalue weighted by Gasteiger charge is 2.11. The van der Waals surface area contributed by atoms with Gasteiger partial charge in [0.15, 0.2) is 5.78 Å². The third-order valence-electron chi connectivity index (χ3n) is 3.75. The maximum atomic E-state index is 12.2. The lowest BCUT2D eigenvalue weighted by atomic mass is 10.0. The summed E-state index contributed by atoms with van der Waals surface area (Å²) in [7, 11) is 0. The second kappa shape index (κ2) is 8.93. The summed E-state index contributed by atoms with van der Waals surface area (Å²) in [6.07, 6.45) is 5.33. The zero-order valence-corrected chi connectivity index (χ0v) is 13.8. The Morgan fingerprint density at radius 2 is 1.88 bits per heavy atom. The molecule has 1 aromatic heterocycles. The largest absolute Gasteiger partial charge is 0.392 e. The highest BCUT2D eigenvalue weighted by molar-refractivity contribution is 6.00. The predicted molar refractivity (Wildman–Crippen MR) is 92.8 cm³/mol. The van der Waals surface area contributed by atoms with Crippen molar-refractivity contribution in [1.29, 1.82) is 0 Å². The number of anilines is 1. The minimum Gasteiger partial charge on any atom is -0.392 e. The van der Waals surface area contributed by atoms with E-state index in [0.717, 1.165) is 12.8 Å². The van der Waals surface area contributed by atoms with E-state index in [4.69, 9.17) is 0 Å². The summed E-state index contributed by atoms with van der Waals surface area (Å²) in [5.41, 5.74) is 2.90. The Morgan fingerprint density at radius 1 is 1.12 bits per heavy atom. The van der Waals surface area contributed by atoms with Gasteiger partial charge in [0, 0.05) is 30.2 Å². The molecule has 0 bridgehead atoms. The van der Waals surface area contributed by atoms with Crippen LogP contribution in [0.1, 0.15) is 47.7 Å². The number of pyridine rings is 1. The van der Waals surface area contributed by atoms with Gasteiger partial charge in [-0.25, -0.2) is 0 Å². The molecule has 1 heterocycles. The first kappa shape index (κ1) is 17.8. The highest BCUT2D eigenvalue weighted by Crippen LogP contribution is 2.14. The van der Waals surface area contributed by atoms with E-state index >= 15 is 0 Å². The number of rotatable bonds is 8. The van der Waals surface area contributed by atoms with Crippen LogP contribution in [0.3, 0.4) is 0 Å². The van der Waals surface area contributed by atoms with Gasteiger partial charge in [-0.3, -0.25) is 14.6 Å². The van der Waals surface area contributed by atoms with Gasteiger partial charge in [-0.05, 0) is 18.1 Å². The minimum absolute atomic E-state index is 0.0539. The standard InChI is InChI=1S/C19H22N2O3/c1-2-3-14-4-6-15(7-5-14)18(23)8-9-19(24)21-17-12-20-11-10-16(17)13-22/h4-7,10-12,22H,2-3,8-9,13H2,1H3,(H,21,24). The maximum Gasteiger partial charge on any atom is 0.224 e. The normalized spacial score (nSPS) is 10.4. The molecule has 2 aromatic rings. The van der Waals surface area contributed by atoms with Gasteiger partial charge in [0.2, 0.25) is 5.91 Å². The first-order valence-corrected chi connectivity index (χ1v) is 8.09. The first-order valence-electron chi connectivity index (χ1n) is 8.09. The molecule has 0 aliphatic carbocycles. The Bertz CT molecular complexity index is 696. The zero-order chi connectivity index (χ0) is 17.4. The summed E-state index contributed by atoms with van der Waals surface area (Å²) in [6.45, 7) is 1.93. The van der Waals surface area contributed by atoms with Crippen molar-refractivity contribution in [3.63, 3.8) is 0 Å². The van der Waals surface area contributed by atoms with Crippen LogP contribution >= 0.6 is 0 Å². The second-order valence-corrected chi connectivity index (χ2v) is 5.61. The van der Waals surface area contributed by atoms with Crippen LogP contribution in [0.15, 0.2) is 42.7 Å². The van der Waals surface area contributed by atoms with E-state index in [1.54, 1.807) is 12.3 Å². The number of amides is 1. The number of nitrogens with one attached hydrogen (secondary N) is 1. The molecule has 5 nitrogen and oxygen atoms in total. The van der Waals surface area contributed by atoms with Gasteiger partial charge in [0.05, 0.1) is 18.5 Å². The summed E-state index contributed by atoms with van der Waals surface area (Å²) >= 11 is 0. The van der Waals surface area contributed by atoms with E-state index in [-0.39, 0.29) is 31.1 Å². The lowest BCUT2D eigenvalue weighted by Crippen LogP contribution is -2.15. The molecule has 0 unspecified atom stereocenters. The average molecular weight is 326 g/mol. The van der Waals surface area contributed by atoms with E-state index in [1.165, 1.54) is 11.8 Å². The maximum absolute atomic E-state index is 12.2. The van der Waals surface area contributed by atoms with Crippen molar-refractivity contribution in [2.75, 3.05) is 5.32 Å². The van der Waals surface area contributed by atoms with E-state index < -0.39 is 0 Å². The summed E-state index contributed by atoms with van der Waals surface area (Å²) in [5.74, 6) is -0.324. The Kier molecular flexibility index (Phi) is 6.63. The molecule has 0 saturated carbocycles. The third-order valence-corrected chi connectivity index (χ3v) is 3.75. The minimum atomic E-state index is -0.270. The predicted octanol–water partition coefficient (Wildman–Crippen LogP) is 3.13. The Labute approximate surface area is 141 Å². The summed E-state index contributed by atoms with van der Waals surface area (Å²) in [5, 5.41) is 11.9. The Balaban J connectivity index is 1.87. The lowest BCUT2D eigenvalue weighted by molar-refractivity contribution is -0.116. The topological polar surface area (TPSA) is 79.3 Å². The van der Waals surface area contributed by atoms with Crippen LogP contribution in [0.25, 0.3) is 0 Å². The number of aromatic nitrogens is 1. The zero-order valence-electron chi connectivity index (χ0n) is 13.8. The number of nitrogens with zero attached hydrogens (tertiary/aromatic N) is 1. The van der Waals surface area contributed by atoms with E-state index in [2.05, 4.69) is 17.2 Å². The van der Waals surface area contributed by atoms with Crippen LogP contribution in [0.2, 0.25) is 0 Å². The smallest absolute Gasteiger partial charge is 0.224 e. The van der Waals surface area contributed by atoms with E-state index in [9.17, 15) is 14.7 Å². The number of aliphatic hydroxyl groups excluding tert-OH is 1. The Hall–Kier alpha value is -2.53. The van der Waals surface area contributed by atoms with E-state index in [0.29, 0.717) is 16.8 Å². The number of ketones is 1. The molecule has 24 heavy (non-hydrogen) atoms. The van der Waals surface area contributed by atoms with Crippen LogP contribution in [-0.4, -0.2) is 21.8 Å². The molecule has 0 radical (unpaired) electrons. The fraction of sp³-hybridized carbons (Fsp3) is 0.316. The number of benzene rings is 1. The van der Waals surface area contributed by atoms with Crippen LogP contribution in [0.4, 0.5) is 5.69 Å². The number of carbonyl (C=O) groups is 2. The number of carbonyl (C=O) groups excluding carboxylic acids is 2. The van der Waals surface area contributed by atoms with Crippen molar-refractivity contribution in [2.24, 2.45) is 0 Å². The molecule has 126 valence electrons. The van der Waals surface area contributed by atoms with Crippen molar-refractivity contribution < 1.29 is 14.7 Å². The number of aryl methyl sites for hydroxylation is 1. The van der Waals surface area contributed by atoms with Crippen molar-refractivity contribution in [1.82, 2.24) is 4.98 Å². The third kappa shape index (κ3) is 4.99. The number of hydrogen-bond acceptors (Lipinski definition) is 4. The van der Waals surface area contributed by atoms with Gasteiger partial charge < -0.3 is 10.4 Å². The van der Waals surface area contributed by atoms with Gasteiger partial charge >= 0.3 is 0 Å². The second-order valence-electron chi connectivity index (χ2n) is 5.61. The molecule has 0 atom stereocenters. The Morgan fingerprint density at radius 3 is 2.54 bits per heavy atom. The fourth-order valence-corrected chi connectivity index (χ4v) is 2.40. The van der Waals surface area contributed by atoms with Crippen LogP contribution in [-0.2, 0) is 17.8 Å². The van der Waals surface area contributed by atoms with Crippen LogP contribution in [0, 0.1) is 0 Å². The van der Waals surface area contributed by atoms with E-state index in [1.807, 2.05) is 24.3 Å². The van der Waals surface area contributed by atoms with Crippen molar-refractivity contribution in [3.05, 3.63) is 59.4 Å². The van der Waals surface area contributed by atoms with Gasteiger partial charge in [0.25, 0.3) is 0 Å². The molecule has 0 fully saturated rings. The van der Waals surface area contributed by atoms with Crippen molar-refractivity contribution in [2.45, 2.75) is 39.2 Å². The number of hydrogen-bond donors (Lipinski definition) is 2. The molecule has 0 aliphatic rings. The SMILES string of the molecule is CCCc1ccc(C(=O)CCC(=O)Nc2cnccc2CO)cc1. The highest BCUT2D eigenvalue weighted by atomic mass is 16.3. The van der Waals surface area contributed by atoms with Gasteiger partial charge in [0.1, 0.15) is 0 Å². The summed E-state index contributed by atoms with van der Waals surface area (Å²) in [4.78, 5) is 28.1. The van der Waals surface area contributed by atoms with Crippen LogP contribution < -0.4 is 5.32 Å². The molecule has 0 spiro atoms.